The summed E-state index contributed by atoms with van der Waals surface area (Å²) in [6.07, 6.45) is 0.743. The molecular weight excluding hydrogens is 356 g/mol. The van der Waals surface area contributed by atoms with E-state index >= 15 is 0 Å². The number of halogens is 1. The topological polar surface area (TPSA) is 87.7 Å². The van der Waals surface area contributed by atoms with Gasteiger partial charge in [-0.3, -0.25) is 9.59 Å². The average molecular weight is 377 g/mol. The lowest BCUT2D eigenvalue weighted by molar-refractivity contribution is -0.137. The normalized spacial score (nSPS) is 10.2. The van der Waals surface area contributed by atoms with E-state index in [1.54, 1.807) is 43.5 Å². The first kappa shape index (κ1) is 19.6. The summed E-state index contributed by atoms with van der Waals surface area (Å²) in [5.41, 5.74) is 2.24. The number of aliphatic carboxylic acids is 1. The van der Waals surface area contributed by atoms with Crippen LogP contribution in [0.5, 0.6) is 5.75 Å². The molecule has 2 aromatic rings. The summed E-state index contributed by atoms with van der Waals surface area (Å²) in [7, 11) is 1.57. The highest BCUT2D eigenvalue weighted by atomic mass is 35.5. The lowest BCUT2D eigenvalue weighted by atomic mass is 10.1. The zero-order valence-electron chi connectivity index (χ0n) is 14.4. The smallest absolute Gasteiger partial charge is 0.303 e. The summed E-state index contributed by atoms with van der Waals surface area (Å²) < 4.78 is 5.24. The maximum absolute atomic E-state index is 12.1. The van der Waals surface area contributed by atoms with E-state index in [1.807, 2.05) is 6.07 Å². The van der Waals surface area contributed by atoms with Crippen LogP contribution in [0.2, 0.25) is 5.02 Å². The number of methoxy groups -OCH3 is 1. The molecule has 0 saturated carbocycles. The van der Waals surface area contributed by atoms with Crippen molar-refractivity contribution in [2.45, 2.75) is 19.3 Å². The number of amides is 1. The maximum Gasteiger partial charge on any atom is 0.303 e. The molecule has 6 nitrogen and oxygen atoms in total. The van der Waals surface area contributed by atoms with Crippen molar-refractivity contribution in [1.82, 2.24) is 0 Å². The van der Waals surface area contributed by atoms with Crippen molar-refractivity contribution in [3.05, 3.63) is 53.1 Å². The first-order valence-corrected chi connectivity index (χ1v) is 8.53. The van der Waals surface area contributed by atoms with Gasteiger partial charge in [-0.25, -0.2) is 0 Å². The van der Waals surface area contributed by atoms with E-state index in [9.17, 15) is 9.59 Å². The third-order valence-corrected chi connectivity index (χ3v) is 3.90. The van der Waals surface area contributed by atoms with Crippen molar-refractivity contribution < 1.29 is 19.4 Å². The Morgan fingerprint density at radius 3 is 2.69 bits per heavy atom. The molecule has 0 spiro atoms. The van der Waals surface area contributed by atoms with Crippen molar-refractivity contribution in [2.24, 2.45) is 0 Å². The molecule has 0 bridgehead atoms. The van der Waals surface area contributed by atoms with Gasteiger partial charge < -0.3 is 20.5 Å². The van der Waals surface area contributed by atoms with E-state index in [0.29, 0.717) is 29.4 Å². The summed E-state index contributed by atoms with van der Waals surface area (Å²) in [5, 5.41) is 15.3. The molecule has 26 heavy (non-hydrogen) atoms. The van der Waals surface area contributed by atoms with Crippen molar-refractivity contribution >= 4 is 34.9 Å². The first-order chi connectivity index (χ1) is 12.5. The zero-order valence-corrected chi connectivity index (χ0v) is 15.2. The van der Waals surface area contributed by atoms with Crippen LogP contribution in [0, 0.1) is 0 Å². The number of benzene rings is 2. The molecule has 0 unspecified atom stereocenters. The molecule has 138 valence electrons. The molecule has 0 saturated heterocycles. The third-order valence-electron chi connectivity index (χ3n) is 3.67. The molecule has 0 heterocycles. The van der Waals surface area contributed by atoms with Crippen LogP contribution in [0.4, 0.5) is 11.4 Å². The molecule has 2 rings (SSSR count). The minimum atomic E-state index is -0.845. The fraction of sp³-hybridized carbons (Fsp3) is 0.263. The van der Waals surface area contributed by atoms with Crippen LogP contribution < -0.4 is 15.4 Å². The number of carbonyl (C=O) groups is 2. The summed E-state index contributed by atoms with van der Waals surface area (Å²) in [6.45, 7) is 0.418. The number of hydrogen-bond acceptors (Lipinski definition) is 4. The van der Waals surface area contributed by atoms with Gasteiger partial charge in [-0.15, -0.1) is 0 Å². The average Bonchev–Trinajstić information content (AvgIpc) is 2.60. The zero-order chi connectivity index (χ0) is 18.9. The first-order valence-electron chi connectivity index (χ1n) is 8.16. The molecule has 3 N–H and O–H groups in total. The summed E-state index contributed by atoms with van der Waals surface area (Å²) in [5.74, 6) is -0.336. The van der Waals surface area contributed by atoms with Gasteiger partial charge in [0, 0.05) is 30.1 Å². The number of carbonyl (C=O) groups excluding carboxylic acids is 1. The predicted molar refractivity (Wildman–Crippen MR) is 102 cm³/mol. The van der Waals surface area contributed by atoms with E-state index < -0.39 is 5.97 Å². The minimum Gasteiger partial charge on any atom is -0.495 e. The van der Waals surface area contributed by atoms with Crippen LogP contribution in [0.3, 0.4) is 0 Å². The molecule has 1 amide bonds. The van der Waals surface area contributed by atoms with Crippen LogP contribution in [-0.2, 0) is 16.0 Å². The third kappa shape index (κ3) is 6.29. The fourth-order valence-corrected chi connectivity index (χ4v) is 2.58. The maximum atomic E-state index is 12.1. The lowest BCUT2D eigenvalue weighted by Crippen LogP contribution is -2.16. The molecule has 0 aliphatic rings. The minimum absolute atomic E-state index is 0.0583. The molecule has 0 aliphatic heterocycles. The summed E-state index contributed by atoms with van der Waals surface area (Å²) in [4.78, 5) is 22.7. The molecule has 0 atom stereocenters. The number of aryl methyl sites for hydroxylation is 1. The second-order valence-corrected chi connectivity index (χ2v) is 6.10. The highest BCUT2D eigenvalue weighted by molar-refractivity contribution is 6.30. The Morgan fingerprint density at radius 2 is 1.96 bits per heavy atom. The largest absolute Gasteiger partial charge is 0.495 e. The quantitative estimate of drug-likeness (QED) is 0.619. The fourth-order valence-electron chi connectivity index (χ4n) is 2.41. The number of hydrogen-bond donors (Lipinski definition) is 3. The number of anilines is 2. The van der Waals surface area contributed by atoms with Gasteiger partial charge in [0.25, 0.3) is 0 Å². The monoisotopic (exact) mass is 376 g/mol. The highest BCUT2D eigenvalue weighted by Crippen LogP contribution is 2.27. The summed E-state index contributed by atoms with van der Waals surface area (Å²) >= 11 is 5.97. The molecule has 0 radical (unpaired) electrons. The van der Waals surface area contributed by atoms with Gasteiger partial charge in [0.1, 0.15) is 5.75 Å². The van der Waals surface area contributed by atoms with Gasteiger partial charge in [0.2, 0.25) is 5.91 Å². The number of ether oxygens (including phenoxy) is 1. The van der Waals surface area contributed by atoms with E-state index in [0.717, 1.165) is 11.3 Å². The molecule has 0 aromatic heterocycles. The second-order valence-electron chi connectivity index (χ2n) is 5.66. The Morgan fingerprint density at radius 1 is 1.15 bits per heavy atom. The molecule has 7 heteroatoms. The van der Waals surface area contributed by atoms with E-state index in [2.05, 4.69) is 10.6 Å². The van der Waals surface area contributed by atoms with Crippen molar-refractivity contribution in [1.29, 1.82) is 0 Å². The number of rotatable bonds is 9. The Bertz CT molecular complexity index is 780. The number of nitrogens with one attached hydrogen (secondary N) is 2. The molecule has 0 aliphatic carbocycles. The number of carboxylic acid groups (broad SMARTS) is 1. The SMILES string of the molecule is COc1ccc(Cl)cc1NCCC(=O)Nc1cccc(CCC(=O)O)c1. The van der Waals surface area contributed by atoms with Crippen LogP contribution in [-0.4, -0.2) is 30.6 Å². The van der Waals surface area contributed by atoms with E-state index in [-0.39, 0.29) is 18.7 Å². The van der Waals surface area contributed by atoms with Gasteiger partial charge in [0.15, 0.2) is 0 Å². The summed E-state index contributed by atoms with van der Waals surface area (Å²) in [6, 6.07) is 12.4. The standard InChI is InChI=1S/C19H21ClN2O4/c1-26-17-7-6-14(20)12-16(17)21-10-9-18(23)22-15-4-2-3-13(11-15)5-8-19(24)25/h2-4,6-7,11-12,21H,5,8-10H2,1H3,(H,22,23)(H,24,25). The van der Waals surface area contributed by atoms with Crippen molar-refractivity contribution in [2.75, 3.05) is 24.3 Å². The van der Waals surface area contributed by atoms with E-state index in [4.69, 9.17) is 21.4 Å². The van der Waals surface area contributed by atoms with Gasteiger partial charge in [-0.05, 0) is 42.3 Å². The van der Waals surface area contributed by atoms with Gasteiger partial charge in [-0.1, -0.05) is 23.7 Å². The van der Waals surface area contributed by atoms with Gasteiger partial charge in [-0.2, -0.15) is 0 Å². The Kier molecular flexibility index (Phi) is 7.29. The van der Waals surface area contributed by atoms with Crippen LogP contribution in [0.15, 0.2) is 42.5 Å². The van der Waals surface area contributed by atoms with Crippen molar-refractivity contribution in [3.8, 4) is 5.75 Å². The Hall–Kier alpha value is -2.73. The predicted octanol–water partition coefficient (Wildman–Crippen LogP) is 3.81. The molecular formula is C19H21ClN2O4. The number of carboxylic acids is 1. The Balaban J connectivity index is 1.85. The Labute approximate surface area is 157 Å². The van der Waals surface area contributed by atoms with Crippen LogP contribution in [0.1, 0.15) is 18.4 Å². The molecule has 0 fully saturated rings. The van der Waals surface area contributed by atoms with Gasteiger partial charge >= 0.3 is 5.97 Å². The van der Waals surface area contributed by atoms with Crippen LogP contribution in [0.25, 0.3) is 0 Å². The molecule has 2 aromatic carbocycles. The van der Waals surface area contributed by atoms with Crippen LogP contribution >= 0.6 is 11.6 Å². The lowest BCUT2D eigenvalue weighted by Gasteiger charge is -2.12. The van der Waals surface area contributed by atoms with E-state index in [1.165, 1.54) is 0 Å². The second kappa shape index (κ2) is 9.68. The van der Waals surface area contributed by atoms with Gasteiger partial charge in [0.05, 0.1) is 12.8 Å². The highest BCUT2D eigenvalue weighted by Gasteiger charge is 2.07. The van der Waals surface area contributed by atoms with Crippen molar-refractivity contribution in [3.63, 3.8) is 0 Å².